The maximum absolute atomic E-state index is 5.32. The van der Waals surface area contributed by atoms with Crippen LogP contribution in [0.25, 0.3) is 0 Å². The zero-order valence-electron chi connectivity index (χ0n) is 6.89. The first kappa shape index (κ1) is 8.02. The zero-order valence-corrected chi connectivity index (χ0v) is 6.89. The molecule has 0 bridgehead atoms. The molecule has 0 aliphatic carbocycles. The van der Waals surface area contributed by atoms with Crippen molar-refractivity contribution in [2.45, 2.75) is 38.3 Å². The van der Waals surface area contributed by atoms with Gasteiger partial charge in [0, 0.05) is 13.2 Å². The smallest absolute Gasteiger partial charge is 0.0721 e. The molecule has 2 atom stereocenters. The highest BCUT2D eigenvalue weighted by Crippen LogP contribution is 2.13. The molecule has 60 valence electrons. The van der Waals surface area contributed by atoms with Crippen LogP contribution in [0.3, 0.4) is 0 Å². The Bertz CT molecular complexity index is 85.3. The fourth-order valence-corrected chi connectivity index (χ4v) is 1.64. The molecule has 1 aliphatic rings. The molecular formula is C8H17NO. The molecule has 10 heavy (non-hydrogen) atoms. The molecule has 0 radical (unpaired) electrons. The highest BCUT2D eigenvalue weighted by Gasteiger charge is 2.22. The Kier molecular flexibility index (Phi) is 3.16. The van der Waals surface area contributed by atoms with Crippen LogP contribution in [-0.4, -0.2) is 25.8 Å². The van der Waals surface area contributed by atoms with Gasteiger partial charge >= 0.3 is 0 Å². The van der Waals surface area contributed by atoms with Gasteiger partial charge in [-0.25, -0.2) is 0 Å². The van der Waals surface area contributed by atoms with Gasteiger partial charge in [-0.3, -0.25) is 0 Å². The van der Waals surface area contributed by atoms with E-state index in [9.17, 15) is 0 Å². The summed E-state index contributed by atoms with van der Waals surface area (Å²) >= 11 is 0. The van der Waals surface area contributed by atoms with Crippen molar-refractivity contribution in [2.24, 2.45) is 0 Å². The molecular weight excluding hydrogens is 126 g/mol. The Balaban J connectivity index is 2.29. The summed E-state index contributed by atoms with van der Waals surface area (Å²) in [5, 5.41) is 3.43. The molecule has 2 heteroatoms. The lowest BCUT2D eigenvalue weighted by Gasteiger charge is -2.20. The maximum Gasteiger partial charge on any atom is 0.0721 e. The van der Waals surface area contributed by atoms with Crippen molar-refractivity contribution in [3.63, 3.8) is 0 Å². The average molecular weight is 143 g/mol. The highest BCUT2D eigenvalue weighted by atomic mass is 16.5. The molecule has 1 rings (SSSR count). The van der Waals surface area contributed by atoms with E-state index in [4.69, 9.17) is 4.74 Å². The van der Waals surface area contributed by atoms with E-state index in [0.29, 0.717) is 12.1 Å². The minimum atomic E-state index is 0.433. The summed E-state index contributed by atoms with van der Waals surface area (Å²) in [7, 11) is 1.80. The van der Waals surface area contributed by atoms with Crippen LogP contribution in [0.4, 0.5) is 0 Å². The van der Waals surface area contributed by atoms with Crippen LogP contribution >= 0.6 is 0 Å². The van der Waals surface area contributed by atoms with Crippen molar-refractivity contribution in [2.75, 3.05) is 13.7 Å². The Morgan fingerprint density at radius 2 is 2.50 bits per heavy atom. The lowest BCUT2D eigenvalue weighted by Crippen LogP contribution is -2.35. The van der Waals surface area contributed by atoms with Crippen molar-refractivity contribution >= 4 is 0 Å². The molecule has 1 aliphatic heterocycles. The monoisotopic (exact) mass is 143 g/mol. The van der Waals surface area contributed by atoms with Crippen LogP contribution in [0.1, 0.15) is 26.2 Å². The van der Waals surface area contributed by atoms with Gasteiger partial charge in [0.15, 0.2) is 0 Å². The van der Waals surface area contributed by atoms with Gasteiger partial charge in [-0.15, -0.1) is 0 Å². The molecule has 0 aromatic heterocycles. The summed E-state index contributed by atoms with van der Waals surface area (Å²) in [6.45, 7) is 3.35. The van der Waals surface area contributed by atoms with Crippen LogP contribution < -0.4 is 5.32 Å². The van der Waals surface area contributed by atoms with Gasteiger partial charge in [0.05, 0.1) is 6.10 Å². The second-order valence-electron chi connectivity index (χ2n) is 2.89. The fraction of sp³-hybridized carbons (Fsp3) is 1.00. The van der Waals surface area contributed by atoms with Crippen molar-refractivity contribution in [1.29, 1.82) is 0 Å². The third-order valence-corrected chi connectivity index (χ3v) is 2.25. The van der Waals surface area contributed by atoms with E-state index in [0.717, 1.165) is 6.42 Å². The minimum Gasteiger partial charge on any atom is -0.380 e. The molecule has 0 saturated carbocycles. The molecule has 1 heterocycles. The summed E-state index contributed by atoms with van der Waals surface area (Å²) in [5.41, 5.74) is 0. The highest BCUT2D eigenvalue weighted by molar-refractivity contribution is 4.81. The zero-order chi connectivity index (χ0) is 7.40. The summed E-state index contributed by atoms with van der Waals surface area (Å²) < 4.78 is 5.32. The third-order valence-electron chi connectivity index (χ3n) is 2.25. The van der Waals surface area contributed by atoms with E-state index in [1.54, 1.807) is 7.11 Å². The summed E-state index contributed by atoms with van der Waals surface area (Å²) in [6, 6.07) is 0.620. The SMILES string of the molecule is CC[C@@H](OC)[C@@H]1CCCN1. The molecule has 1 fully saturated rings. The quantitative estimate of drug-likeness (QED) is 0.640. The van der Waals surface area contributed by atoms with Crippen LogP contribution in [0.5, 0.6) is 0 Å². The van der Waals surface area contributed by atoms with E-state index in [1.165, 1.54) is 19.4 Å². The molecule has 0 amide bonds. The number of ether oxygens (including phenoxy) is 1. The predicted octanol–water partition coefficient (Wildman–Crippen LogP) is 1.16. The van der Waals surface area contributed by atoms with Gasteiger partial charge in [-0.05, 0) is 25.8 Å². The molecule has 0 unspecified atom stereocenters. The number of hydrogen-bond donors (Lipinski definition) is 1. The number of hydrogen-bond acceptors (Lipinski definition) is 2. The Labute approximate surface area is 63.0 Å². The molecule has 1 saturated heterocycles. The van der Waals surface area contributed by atoms with Crippen LogP contribution in [0.15, 0.2) is 0 Å². The number of methoxy groups -OCH3 is 1. The van der Waals surface area contributed by atoms with Gasteiger partial charge in [0.2, 0.25) is 0 Å². The lowest BCUT2D eigenvalue weighted by molar-refractivity contribution is 0.0714. The van der Waals surface area contributed by atoms with Crippen molar-refractivity contribution < 1.29 is 4.74 Å². The van der Waals surface area contributed by atoms with E-state index in [2.05, 4.69) is 12.2 Å². The van der Waals surface area contributed by atoms with E-state index in [1.807, 2.05) is 0 Å². The molecule has 1 N–H and O–H groups in total. The predicted molar refractivity (Wildman–Crippen MR) is 42.1 cm³/mol. The summed E-state index contributed by atoms with van der Waals surface area (Å²) in [5.74, 6) is 0. The first-order valence-corrected chi connectivity index (χ1v) is 4.14. The maximum atomic E-state index is 5.32. The van der Waals surface area contributed by atoms with Crippen LogP contribution in [0, 0.1) is 0 Å². The lowest BCUT2D eigenvalue weighted by atomic mass is 10.1. The first-order chi connectivity index (χ1) is 4.88. The summed E-state index contributed by atoms with van der Waals surface area (Å²) in [6.07, 6.45) is 4.15. The van der Waals surface area contributed by atoms with Gasteiger partial charge in [-0.1, -0.05) is 6.92 Å². The molecule has 0 spiro atoms. The Hall–Kier alpha value is -0.0800. The molecule has 0 aromatic carbocycles. The van der Waals surface area contributed by atoms with E-state index < -0.39 is 0 Å². The van der Waals surface area contributed by atoms with Gasteiger partial charge < -0.3 is 10.1 Å². The van der Waals surface area contributed by atoms with Crippen LogP contribution in [-0.2, 0) is 4.74 Å². The second kappa shape index (κ2) is 3.94. The van der Waals surface area contributed by atoms with Crippen molar-refractivity contribution in [3.05, 3.63) is 0 Å². The molecule has 2 nitrogen and oxygen atoms in total. The van der Waals surface area contributed by atoms with E-state index >= 15 is 0 Å². The number of rotatable bonds is 3. The van der Waals surface area contributed by atoms with Crippen molar-refractivity contribution in [1.82, 2.24) is 5.32 Å². The van der Waals surface area contributed by atoms with Gasteiger partial charge in [0.1, 0.15) is 0 Å². The van der Waals surface area contributed by atoms with Gasteiger partial charge in [0.25, 0.3) is 0 Å². The topological polar surface area (TPSA) is 21.3 Å². The normalized spacial score (nSPS) is 28.8. The third kappa shape index (κ3) is 1.70. The first-order valence-electron chi connectivity index (χ1n) is 4.14. The second-order valence-corrected chi connectivity index (χ2v) is 2.89. The van der Waals surface area contributed by atoms with Gasteiger partial charge in [-0.2, -0.15) is 0 Å². The summed E-state index contributed by atoms with van der Waals surface area (Å²) in [4.78, 5) is 0. The van der Waals surface area contributed by atoms with Crippen LogP contribution in [0.2, 0.25) is 0 Å². The number of nitrogens with one attached hydrogen (secondary N) is 1. The van der Waals surface area contributed by atoms with Crippen molar-refractivity contribution in [3.8, 4) is 0 Å². The Morgan fingerprint density at radius 3 is 2.90 bits per heavy atom. The standard InChI is InChI=1S/C8H17NO/c1-3-8(10-2)7-5-4-6-9-7/h7-9H,3-6H2,1-2H3/t7-,8+/m0/s1. The molecule has 0 aromatic rings. The Morgan fingerprint density at radius 1 is 1.70 bits per heavy atom. The minimum absolute atomic E-state index is 0.433. The van der Waals surface area contributed by atoms with E-state index in [-0.39, 0.29) is 0 Å². The largest absolute Gasteiger partial charge is 0.380 e. The fourth-order valence-electron chi connectivity index (χ4n) is 1.64. The average Bonchev–Trinajstić information content (AvgIpc) is 2.43.